The Bertz CT molecular complexity index is 1270. The summed E-state index contributed by atoms with van der Waals surface area (Å²) < 4.78 is 2.69. The molecule has 5 nitrogen and oxygen atoms in total. The molecule has 0 aliphatic carbocycles. The van der Waals surface area contributed by atoms with Crippen molar-refractivity contribution in [2.75, 3.05) is 25.0 Å². The summed E-state index contributed by atoms with van der Waals surface area (Å²) >= 11 is 16.4. The number of piperidine rings is 1. The highest BCUT2D eigenvalue weighted by Gasteiger charge is 2.21. The molecule has 1 aliphatic rings. The molecule has 0 spiro atoms. The first-order valence-electron chi connectivity index (χ1n) is 11.1. The Hall–Kier alpha value is -2.12. The zero-order valence-electron chi connectivity index (χ0n) is 18.0. The number of likely N-dealkylation sites (tertiary alicyclic amines) is 1. The molecule has 2 aromatic carbocycles. The number of halogens is 3. The van der Waals surface area contributed by atoms with Crippen molar-refractivity contribution < 1.29 is 0 Å². The van der Waals surface area contributed by atoms with Gasteiger partial charge in [0.15, 0.2) is 5.65 Å². The molecule has 0 amide bonds. The average Bonchev–Trinajstić information content (AvgIpc) is 3.20. The van der Waals surface area contributed by atoms with Crippen LogP contribution in [0.25, 0.3) is 16.9 Å². The lowest BCUT2D eigenvalue weighted by molar-refractivity contribution is 0.173. The van der Waals surface area contributed by atoms with E-state index >= 15 is 0 Å². The Morgan fingerprint density at radius 3 is 2.67 bits per heavy atom. The quantitative estimate of drug-likeness (QED) is 0.290. The van der Waals surface area contributed by atoms with Crippen LogP contribution in [0.15, 0.2) is 65.3 Å². The van der Waals surface area contributed by atoms with Crippen LogP contribution < -0.4 is 5.32 Å². The first kappa shape index (κ1) is 22.7. The van der Waals surface area contributed by atoms with Crippen LogP contribution in [0.2, 0.25) is 10.0 Å². The molecular weight excluding hydrogens is 521 g/mol. The number of anilines is 1. The van der Waals surface area contributed by atoms with Crippen molar-refractivity contribution in [2.24, 2.45) is 5.92 Å². The molecule has 3 heterocycles. The predicted molar refractivity (Wildman–Crippen MR) is 139 cm³/mol. The van der Waals surface area contributed by atoms with Gasteiger partial charge in [0, 0.05) is 41.3 Å². The minimum atomic E-state index is 0.534. The molecule has 33 heavy (non-hydrogen) atoms. The lowest BCUT2D eigenvalue weighted by Gasteiger charge is -2.33. The van der Waals surface area contributed by atoms with Crippen LogP contribution in [0.3, 0.4) is 0 Å². The molecule has 1 atom stereocenters. The fourth-order valence-corrected chi connectivity index (χ4v) is 5.22. The Morgan fingerprint density at radius 1 is 1.06 bits per heavy atom. The molecular formula is C25H24BrCl2N5. The summed E-state index contributed by atoms with van der Waals surface area (Å²) in [6, 6.07) is 17.9. The van der Waals surface area contributed by atoms with E-state index in [1.807, 2.05) is 47.0 Å². The molecule has 1 fully saturated rings. The SMILES string of the molecule is Clc1ccccc1CN1CCCC(CNc2cc(-c3ccccc3Cl)nc3c(Br)cnn23)C1. The van der Waals surface area contributed by atoms with Gasteiger partial charge in [-0.15, -0.1) is 0 Å². The van der Waals surface area contributed by atoms with Gasteiger partial charge in [0.2, 0.25) is 0 Å². The minimum Gasteiger partial charge on any atom is -0.370 e. The van der Waals surface area contributed by atoms with Crippen LogP contribution in [0.5, 0.6) is 0 Å². The Balaban J connectivity index is 1.34. The van der Waals surface area contributed by atoms with Crippen LogP contribution in [-0.4, -0.2) is 39.1 Å². The van der Waals surface area contributed by atoms with E-state index in [0.717, 1.165) is 58.4 Å². The fraction of sp³-hybridized carbons (Fsp3) is 0.280. The topological polar surface area (TPSA) is 45.5 Å². The van der Waals surface area contributed by atoms with Gasteiger partial charge in [-0.25, -0.2) is 4.98 Å². The molecule has 0 saturated carbocycles. The molecule has 1 N–H and O–H groups in total. The van der Waals surface area contributed by atoms with Gasteiger partial charge in [-0.1, -0.05) is 59.6 Å². The third-order valence-corrected chi connectivity index (χ3v) is 7.36. The van der Waals surface area contributed by atoms with Crippen molar-refractivity contribution in [1.29, 1.82) is 0 Å². The van der Waals surface area contributed by atoms with Gasteiger partial charge in [-0.05, 0) is 58.9 Å². The largest absolute Gasteiger partial charge is 0.370 e. The number of benzene rings is 2. The van der Waals surface area contributed by atoms with Gasteiger partial charge < -0.3 is 5.32 Å². The van der Waals surface area contributed by atoms with Crippen molar-refractivity contribution in [3.05, 3.63) is 80.9 Å². The van der Waals surface area contributed by atoms with E-state index in [1.165, 1.54) is 18.4 Å². The second kappa shape index (κ2) is 10.0. The van der Waals surface area contributed by atoms with Gasteiger partial charge in [-0.3, -0.25) is 4.90 Å². The monoisotopic (exact) mass is 543 g/mol. The number of nitrogens with one attached hydrogen (secondary N) is 1. The fourth-order valence-electron chi connectivity index (χ4n) is 4.45. The Morgan fingerprint density at radius 2 is 1.85 bits per heavy atom. The molecule has 170 valence electrons. The number of rotatable bonds is 6. The van der Waals surface area contributed by atoms with Crippen LogP contribution in [0.1, 0.15) is 18.4 Å². The summed E-state index contributed by atoms with van der Waals surface area (Å²) in [5.41, 5.74) is 3.68. The van der Waals surface area contributed by atoms with E-state index in [0.29, 0.717) is 10.9 Å². The summed E-state index contributed by atoms with van der Waals surface area (Å²) in [7, 11) is 0. The van der Waals surface area contributed by atoms with Gasteiger partial charge >= 0.3 is 0 Å². The smallest absolute Gasteiger partial charge is 0.172 e. The summed E-state index contributed by atoms with van der Waals surface area (Å²) in [4.78, 5) is 7.30. The van der Waals surface area contributed by atoms with Crippen LogP contribution in [0, 0.1) is 5.92 Å². The van der Waals surface area contributed by atoms with Crippen LogP contribution in [-0.2, 0) is 6.54 Å². The van der Waals surface area contributed by atoms with Crippen molar-refractivity contribution in [3.8, 4) is 11.3 Å². The van der Waals surface area contributed by atoms with Crippen molar-refractivity contribution in [2.45, 2.75) is 19.4 Å². The summed E-state index contributed by atoms with van der Waals surface area (Å²) in [5.74, 6) is 1.44. The first-order chi connectivity index (χ1) is 16.1. The van der Waals surface area contributed by atoms with Crippen molar-refractivity contribution >= 4 is 50.6 Å². The summed E-state index contributed by atoms with van der Waals surface area (Å²) in [5, 5.41) is 9.67. The molecule has 0 radical (unpaired) electrons. The maximum atomic E-state index is 6.46. The van der Waals surface area contributed by atoms with Crippen molar-refractivity contribution in [3.63, 3.8) is 0 Å². The van der Waals surface area contributed by atoms with Crippen LogP contribution in [0.4, 0.5) is 5.82 Å². The Kier molecular flexibility index (Phi) is 6.88. The van der Waals surface area contributed by atoms with E-state index < -0.39 is 0 Å². The molecule has 1 unspecified atom stereocenters. The van der Waals surface area contributed by atoms with E-state index in [2.05, 4.69) is 43.4 Å². The van der Waals surface area contributed by atoms with Gasteiger partial charge in [0.25, 0.3) is 0 Å². The zero-order valence-corrected chi connectivity index (χ0v) is 21.1. The van der Waals surface area contributed by atoms with E-state index in [-0.39, 0.29) is 0 Å². The average molecular weight is 545 g/mol. The van der Waals surface area contributed by atoms with E-state index in [4.69, 9.17) is 28.2 Å². The normalized spacial score (nSPS) is 16.9. The highest BCUT2D eigenvalue weighted by atomic mass is 79.9. The molecule has 0 bridgehead atoms. The molecule has 1 saturated heterocycles. The lowest BCUT2D eigenvalue weighted by Crippen LogP contribution is -2.37. The third kappa shape index (κ3) is 5.04. The predicted octanol–water partition coefficient (Wildman–Crippen LogP) is 6.79. The first-order valence-corrected chi connectivity index (χ1v) is 12.6. The molecule has 5 rings (SSSR count). The standard InChI is InChI=1S/C25H24BrCl2N5/c26-20-14-30-33-24(12-23(31-25(20)33)19-8-2-4-10-22(19)28)29-13-17-6-5-11-32(15-17)16-18-7-1-3-9-21(18)27/h1-4,7-10,12,14,17,29H,5-6,11,13,15-16H2. The minimum absolute atomic E-state index is 0.534. The Labute approximate surface area is 211 Å². The number of aromatic nitrogens is 3. The highest BCUT2D eigenvalue weighted by molar-refractivity contribution is 9.10. The number of hydrogen-bond donors (Lipinski definition) is 1. The second-order valence-corrected chi connectivity index (χ2v) is 10.1. The highest BCUT2D eigenvalue weighted by Crippen LogP contribution is 2.31. The second-order valence-electron chi connectivity index (χ2n) is 8.45. The zero-order chi connectivity index (χ0) is 22.8. The lowest BCUT2D eigenvalue weighted by atomic mass is 9.97. The van der Waals surface area contributed by atoms with Gasteiger partial charge in [0.05, 0.1) is 16.4 Å². The number of hydrogen-bond acceptors (Lipinski definition) is 4. The van der Waals surface area contributed by atoms with E-state index in [9.17, 15) is 0 Å². The molecule has 4 aromatic rings. The molecule has 8 heteroatoms. The molecule has 2 aromatic heterocycles. The maximum absolute atomic E-state index is 6.46. The van der Waals surface area contributed by atoms with Gasteiger partial charge in [0.1, 0.15) is 5.82 Å². The third-order valence-electron chi connectivity index (χ3n) is 6.11. The molecule has 1 aliphatic heterocycles. The number of nitrogens with zero attached hydrogens (tertiary/aromatic N) is 4. The van der Waals surface area contributed by atoms with Crippen LogP contribution >= 0.6 is 39.1 Å². The van der Waals surface area contributed by atoms with Gasteiger partial charge in [-0.2, -0.15) is 9.61 Å². The summed E-state index contributed by atoms with van der Waals surface area (Å²) in [6.45, 7) is 3.88. The number of fused-ring (bicyclic) bond motifs is 1. The maximum Gasteiger partial charge on any atom is 0.172 e. The van der Waals surface area contributed by atoms with Crippen molar-refractivity contribution in [1.82, 2.24) is 19.5 Å². The summed E-state index contributed by atoms with van der Waals surface area (Å²) in [6.07, 6.45) is 4.15. The van der Waals surface area contributed by atoms with E-state index in [1.54, 1.807) is 6.20 Å².